The molecule has 0 aromatic heterocycles. The van der Waals surface area contributed by atoms with Crippen molar-refractivity contribution in [2.24, 2.45) is 0 Å². The number of halogens is 2. The summed E-state index contributed by atoms with van der Waals surface area (Å²) in [7, 11) is 0.500. The van der Waals surface area contributed by atoms with Crippen LogP contribution < -0.4 is 0 Å². The Labute approximate surface area is 73.7 Å². The molecule has 0 saturated carbocycles. The van der Waals surface area contributed by atoms with Crippen LogP contribution in [-0.4, -0.2) is 38.4 Å². The Morgan fingerprint density at radius 3 is 2.17 bits per heavy atom. The van der Waals surface area contributed by atoms with Crippen molar-refractivity contribution in [1.82, 2.24) is 4.90 Å². The van der Waals surface area contributed by atoms with Crippen molar-refractivity contribution >= 4 is 0 Å². The molecule has 1 nitrogen and oxygen atoms in total. The molecule has 0 unspecified atom stereocenters. The Morgan fingerprint density at radius 1 is 1.08 bits per heavy atom. The van der Waals surface area contributed by atoms with Crippen LogP contribution in [-0.2, 0) is 0 Å². The highest BCUT2D eigenvalue weighted by atomic mass is 19.1. The van der Waals surface area contributed by atoms with Crippen LogP contribution in [0.4, 0.5) is 8.78 Å². The summed E-state index contributed by atoms with van der Waals surface area (Å²) in [6.07, 6.45) is 4.71. The molecule has 0 radical (unpaired) electrons. The van der Waals surface area contributed by atoms with E-state index in [1.165, 1.54) is 32.4 Å². The summed E-state index contributed by atoms with van der Waals surface area (Å²) in [6.45, 7) is 3.20. The number of hydrogen-bond acceptors (Lipinski definition) is 1. The van der Waals surface area contributed by atoms with E-state index in [1.807, 2.05) is 0 Å². The van der Waals surface area contributed by atoms with Gasteiger partial charge in [0.05, 0.1) is 13.9 Å². The average molecular weight is 179 g/mol. The van der Waals surface area contributed by atoms with Gasteiger partial charge in [0.2, 0.25) is 0 Å². The number of likely N-dealkylation sites (tertiary alicyclic amines) is 1. The summed E-state index contributed by atoms with van der Waals surface area (Å²) in [5, 5.41) is 0. The SMILES string of the molecule is CF.FCCCN1CCCCC1. The van der Waals surface area contributed by atoms with Crippen LogP contribution >= 0.6 is 0 Å². The maximum absolute atomic E-state index is 11.7. The molecule has 1 aliphatic rings. The molecule has 1 aliphatic heterocycles. The highest BCUT2D eigenvalue weighted by molar-refractivity contribution is 4.63. The van der Waals surface area contributed by atoms with Gasteiger partial charge in [0, 0.05) is 6.54 Å². The Balaban J connectivity index is 0.000000561. The monoisotopic (exact) mass is 179 g/mol. The van der Waals surface area contributed by atoms with Crippen LogP contribution in [0.2, 0.25) is 0 Å². The van der Waals surface area contributed by atoms with E-state index in [9.17, 15) is 8.78 Å². The molecule has 0 aromatic carbocycles. The molecule has 0 aliphatic carbocycles. The molecule has 0 N–H and O–H groups in total. The minimum atomic E-state index is -0.156. The second-order valence-corrected chi connectivity index (χ2v) is 2.94. The van der Waals surface area contributed by atoms with Gasteiger partial charge in [-0.05, 0) is 32.4 Å². The molecule has 1 rings (SSSR count). The van der Waals surface area contributed by atoms with Crippen LogP contribution in [0.3, 0.4) is 0 Å². The highest BCUT2D eigenvalue weighted by Gasteiger charge is 2.08. The fraction of sp³-hybridized carbons (Fsp3) is 1.00. The molecule has 1 fully saturated rings. The topological polar surface area (TPSA) is 3.24 Å². The summed E-state index contributed by atoms with van der Waals surface area (Å²) in [5.41, 5.74) is 0. The predicted octanol–water partition coefficient (Wildman–Crippen LogP) is 2.42. The van der Waals surface area contributed by atoms with E-state index >= 15 is 0 Å². The van der Waals surface area contributed by atoms with Crippen LogP contribution in [0.15, 0.2) is 0 Å². The second-order valence-electron chi connectivity index (χ2n) is 2.94. The van der Waals surface area contributed by atoms with Gasteiger partial charge in [0.1, 0.15) is 0 Å². The van der Waals surface area contributed by atoms with Crippen molar-refractivity contribution < 1.29 is 8.78 Å². The van der Waals surface area contributed by atoms with Gasteiger partial charge in [0.15, 0.2) is 0 Å². The zero-order valence-electron chi connectivity index (χ0n) is 7.86. The summed E-state index contributed by atoms with van der Waals surface area (Å²) in [4.78, 5) is 2.36. The van der Waals surface area contributed by atoms with Crippen LogP contribution in [0.25, 0.3) is 0 Å². The maximum Gasteiger partial charge on any atom is 0.0906 e. The van der Waals surface area contributed by atoms with Gasteiger partial charge in [-0.1, -0.05) is 6.42 Å². The van der Waals surface area contributed by atoms with Gasteiger partial charge in [-0.25, -0.2) is 0 Å². The van der Waals surface area contributed by atoms with Crippen molar-refractivity contribution in [2.75, 3.05) is 33.5 Å². The molecule has 1 heterocycles. The molecule has 0 bridgehead atoms. The Morgan fingerprint density at radius 2 is 1.67 bits per heavy atom. The fourth-order valence-corrected chi connectivity index (χ4v) is 1.47. The normalized spacial score (nSPS) is 18.2. The van der Waals surface area contributed by atoms with Gasteiger partial charge in [-0.15, -0.1) is 0 Å². The summed E-state index contributed by atoms with van der Waals surface area (Å²) < 4.78 is 21.2. The third-order valence-corrected chi connectivity index (χ3v) is 2.06. The van der Waals surface area contributed by atoms with Gasteiger partial charge < -0.3 is 4.90 Å². The van der Waals surface area contributed by atoms with Crippen molar-refractivity contribution in [3.05, 3.63) is 0 Å². The van der Waals surface area contributed by atoms with Crippen molar-refractivity contribution in [2.45, 2.75) is 25.7 Å². The van der Waals surface area contributed by atoms with Gasteiger partial charge >= 0.3 is 0 Å². The molecule has 0 amide bonds. The maximum atomic E-state index is 11.7. The van der Waals surface area contributed by atoms with E-state index in [0.717, 1.165) is 13.0 Å². The molecule has 74 valence electrons. The third kappa shape index (κ3) is 5.47. The molecule has 0 aromatic rings. The van der Waals surface area contributed by atoms with Crippen LogP contribution in [0.1, 0.15) is 25.7 Å². The average Bonchev–Trinajstić information content (AvgIpc) is 2.19. The van der Waals surface area contributed by atoms with E-state index in [4.69, 9.17) is 0 Å². The molecule has 1 saturated heterocycles. The Bertz CT molecular complexity index is 82.6. The van der Waals surface area contributed by atoms with Crippen LogP contribution in [0, 0.1) is 0 Å². The predicted molar refractivity (Wildman–Crippen MR) is 47.9 cm³/mol. The summed E-state index contributed by atoms with van der Waals surface area (Å²) in [5.74, 6) is 0. The third-order valence-electron chi connectivity index (χ3n) is 2.06. The lowest BCUT2D eigenvalue weighted by Crippen LogP contribution is -2.30. The highest BCUT2D eigenvalue weighted by Crippen LogP contribution is 2.08. The van der Waals surface area contributed by atoms with Crippen molar-refractivity contribution in [3.63, 3.8) is 0 Å². The lowest BCUT2D eigenvalue weighted by Gasteiger charge is -2.25. The first-order chi connectivity index (χ1) is 5.93. The van der Waals surface area contributed by atoms with Crippen LogP contribution in [0.5, 0.6) is 0 Å². The van der Waals surface area contributed by atoms with E-state index < -0.39 is 0 Å². The number of alkyl halides is 2. The minimum Gasteiger partial charge on any atom is -0.303 e. The number of piperidine rings is 1. The van der Waals surface area contributed by atoms with E-state index in [1.54, 1.807) is 0 Å². The molecule has 3 heteroatoms. The summed E-state index contributed by atoms with van der Waals surface area (Å²) in [6, 6.07) is 0. The first-order valence-corrected chi connectivity index (χ1v) is 4.59. The molecular formula is C9H19F2N. The molecular weight excluding hydrogens is 160 g/mol. The summed E-state index contributed by atoms with van der Waals surface area (Å²) >= 11 is 0. The molecule has 0 atom stereocenters. The van der Waals surface area contributed by atoms with Gasteiger partial charge in [-0.2, -0.15) is 0 Å². The first-order valence-electron chi connectivity index (χ1n) is 4.59. The zero-order chi connectivity index (χ0) is 9.23. The standard InChI is InChI=1S/C8H16FN.CH3F/c9-5-4-8-10-6-2-1-3-7-10;1-2/h1-8H2;1H3. The number of rotatable bonds is 3. The Kier molecular flexibility index (Phi) is 8.78. The second kappa shape index (κ2) is 8.91. The van der Waals surface area contributed by atoms with Crippen molar-refractivity contribution in [1.29, 1.82) is 0 Å². The number of hydrogen-bond donors (Lipinski definition) is 0. The largest absolute Gasteiger partial charge is 0.303 e. The first kappa shape index (κ1) is 11.8. The van der Waals surface area contributed by atoms with E-state index in [2.05, 4.69) is 4.90 Å². The van der Waals surface area contributed by atoms with E-state index in [-0.39, 0.29) is 6.67 Å². The lowest BCUT2D eigenvalue weighted by molar-refractivity contribution is 0.219. The molecule has 0 spiro atoms. The Hall–Kier alpha value is -0.180. The zero-order valence-corrected chi connectivity index (χ0v) is 7.86. The van der Waals surface area contributed by atoms with Gasteiger partial charge in [-0.3, -0.25) is 8.78 Å². The quantitative estimate of drug-likeness (QED) is 0.643. The fourth-order valence-electron chi connectivity index (χ4n) is 1.47. The number of nitrogens with zero attached hydrogens (tertiary/aromatic N) is 1. The molecule has 12 heavy (non-hydrogen) atoms. The van der Waals surface area contributed by atoms with Crippen molar-refractivity contribution in [3.8, 4) is 0 Å². The smallest absolute Gasteiger partial charge is 0.0906 e. The van der Waals surface area contributed by atoms with E-state index in [0.29, 0.717) is 7.18 Å². The lowest BCUT2D eigenvalue weighted by atomic mass is 10.1. The van der Waals surface area contributed by atoms with Gasteiger partial charge in [0.25, 0.3) is 0 Å². The minimum absolute atomic E-state index is 0.156.